The molecule has 1 rings (SSSR count). The van der Waals surface area contributed by atoms with E-state index in [0.29, 0.717) is 12.1 Å². The summed E-state index contributed by atoms with van der Waals surface area (Å²) >= 11 is 0. The SMILES string of the molecule is CC(=O)Oc1cc(F)c(C(=O)O)cc1F. The molecule has 0 bridgehead atoms. The van der Waals surface area contributed by atoms with Crippen molar-refractivity contribution < 1.29 is 28.2 Å². The molecule has 0 aliphatic heterocycles. The van der Waals surface area contributed by atoms with Gasteiger partial charge in [0.15, 0.2) is 11.6 Å². The van der Waals surface area contributed by atoms with Crippen LogP contribution in [0.2, 0.25) is 0 Å². The van der Waals surface area contributed by atoms with E-state index < -0.39 is 34.9 Å². The van der Waals surface area contributed by atoms with Crippen molar-refractivity contribution in [2.75, 3.05) is 0 Å². The molecular weight excluding hydrogens is 210 g/mol. The number of hydrogen-bond donors (Lipinski definition) is 1. The van der Waals surface area contributed by atoms with E-state index in [1.54, 1.807) is 0 Å². The fraction of sp³-hybridized carbons (Fsp3) is 0.111. The Morgan fingerprint density at radius 2 is 1.87 bits per heavy atom. The van der Waals surface area contributed by atoms with Crippen molar-refractivity contribution in [1.29, 1.82) is 0 Å². The number of carbonyl (C=O) groups is 2. The third-order valence-electron chi connectivity index (χ3n) is 1.51. The number of carbonyl (C=O) groups excluding carboxylic acids is 1. The van der Waals surface area contributed by atoms with E-state index in [9.17, 15) is 18.4 Å². The largest absolute Gasteiger partial charge is 0.478 e. The summed E-state index contributed by atoms with van der Waals surface area (Å²) in [4.78, 5) is 20.9. The van der Waals surface area contributed by atoms with E-state index in [2.05, 4.69) is 4.74 Å². The third kappa shape index (κ3) is 2.49. The maximum Gasteiger partial charge on any atom is 0.338 e. The van der Waals surface area contributed by atoms with Crippen molar-refractivity contribution in [3.05, 3.63) is 29.3 Å². The molecule has 80 valence electrons. The van der Waals surface area contributed by atoms with Crippen LogP contribution in [0, 0.1) is 11.6 Å². The summed E-state index contributed by atoms with van der Waals surface area (Å²) in [6, 6.07) is 0.968. The first-order chi connectivity index (χ1) is 6.91. The maximum absolute atomic E-state index is 13.0. The minimum Gasteiger partial charge on any atom is -0.478 e. The van der Waals surface area contributed by atoms with Crippen molar-refractivity contribution in [2.45, 2.75) is 6.92 Å². The zero-order valence-electron chi connectivity index (χ0n) is 7.58. The van der Waals surface area contributed by atoms with E-state index in [1.807, 2.05) is 0 Å². The number of carboxylic acids is 1. The van der Waals surface area contributed by atoms with Gasteiger partial charge in [0.05, 0.1) is 5.56 Å². The first kappa shape index (κ1) is 11.1. The Hall–Kier alpha value is -1.98. The maximum atomic E-state index is 13.0. The Labute approximate surface area is 83.1 Å². The standard InChI is InChI=1S/C9H6F2O4/c1-4(12)15-8-3-6(10)5(9(13)14)2-7(8)11/h2-3H,1H3,(H,13,14). The summed E-state index contributed by atoms with van der Waals surface area (Å²) in [6.45, 7) is 1.02. The fourth-order valence-electron chi connectivity index (χ4n) is 0.926. The monoisotopic (exact) mass is 216 g/mol. The Bertz CT molecular complexity index is 428. The lowest BCUT2D eigenvalue weighted by molar-refractivity contribution is -0.132. The number of benzene rings is 1. The summed E-state index contributed by atoms with van der Waals surface area (Å²) in [5, 5.41) is 8.45. The zero-order chi connectivity index (χ0) is 11.6. The Morgan fingerprint density at radius 1 is 1.27 bits per heavy atom. The van der Waals surface area contributed by atoms with Gasteiger partial charge in [0, 0.05) is 13.0 Å². The average Bonchev–Trinajstić information content (AvgIpc) is 2.09. The fourth-order valence-corrected chi connectivity index (χ4v) is 0.926. The molecule has 0 aliphatic carbocycles. The highest BCUT2D eigenvalue weighted by Gasteiger charge is 2.16. The molecule has 1 aromatic rings. The number of esters is 1. The van der Waals surface area contributed by atoms with Gasteiger partial charge in [-0.2, -0.15) is 0 Å². The second-order valence-corrected chi connectivity index (χ2v) is 2.66. The molecule has 1 N–H and O–H groups in total. The number of ether oxygens (including phenoxy) is 1. The van der Waals surface area contributed by atoms with Crippen LogP contribution in [0.4, 0.5) is 8.78 Å². The molecule has 1 aromatic carbocycles. The van der Waals surface area contributed by atoms with Crippen LogP contribution in [0.1, 0.15) is 17.3 Å². The van der Waals surface area contributed by atoms with Crippen LogP contribution >= 0.6 is 0 Å². The molecule has 6 heteroatoms. The Balaban J connectivity index is 3.19. The van der Waals surface area contributed by atoms with Crippen LogP contribution in [0.5, 0.6) is 5.75 Å². The summed E-state index contributed by atoms with van der Waals surface area (Å²) in [6.07, 6.45) is 0. The highest BCUT2D eigenvalue weighted by molar-refractivity contribution is 5.88. The molecule has 0 spiro atoms. The number of carboxylic acid groups (broad SMARTS) is 1. The van der Waals surface area contributed by atoms with Crippen LogP contribution in [0.3, 0.4) is 0 Å². The molecule has 15 heavy (non-hydrogen) atoms. The molecular formula is C9H6F2O4. The van der Waals surface area contributed by atoms with Gasteiger partial charge < -0.3 is 9.84 Å². The molecule has 0 amide bonds. The molecule has 0 atom stereocenters. The third-order valence-corrected chi connectivity index (χ3v) is 1.51. The van der Waals surface area contributed by atoms with Crippen molar-refractivity contribution in [2.24, 2.45) is 0 Å². The molecule has 0 saturated heterocycles. The van der Waals surface area contributed by atoms with Gasteiger partial charge in [-0.05, 0) is 6.07 Å². The van der Waals surface area contributed by atoms with Crippen LogP contribution in [-0.2, 0) is 4.79 Å². The Morgan fingerprint density at radius 3 is 2.33 bits per heavy atom. The van der Waals surface area contributed by atoms with E-state index in [1.165, 1.54) is 0 Å². The summed E-state index contributed by atoms with van der Waals surface area (Å²) in [7, 11) is 0. The van der Waals surface area contributed by atoms with Crippen molar-refractivity contribution in [3.63, 3.8) is 0 Å². The second-order valence-electron chi connectivity index (χ2n) is 2.66. The molecule has 0 unspecified atom stereocenters. The van der Waals surface area contributed by atoms with Crippen molar-refractivity contribution in [3.8, 4) is 5.75 Å². The molecule has 0 saturated carbocycles. The highest BCUT2D eigenvalue weighted by atomic mass is 19.1. The predicted molar refractivity (Wildman–Crippen MR) is 44.6 cm³/mol. The zero-order valence-corrected chi connectivity index (χ0v) is 7.58. The lowest BCUT2D eigenvalue weighted by Gasteiger charge is -2.04. The summed E-state index contributed by atoms with van der Waals surface area (Å²) < 4.78 is 30.3. The van der Waals surface area contributed by atoms with Gasteiger partial charge in [-0.25, -0.2) is 13.6 Å². The average molecular weight is 216 g/mol. The first-order valence-corrected chi connectivity index (χ1v) is 3.82. The number of hydrogen-bond acceptors (Lipinski definition) is 3. The molecule has 0 radical (unpaired) electrons. The smallest absolute Gasteiger partial charge is 0.338 e. The quantitative estimate of drug-likeness (QED) is 0.602. The van der Waals surface area contributed by atoms with Crippen LogP contribution in [0.15, 0.2) is 12.1 Å². The molecule has 0 fully saturated rings. The summed E-state index contributed by atoms with van der Waals surface area (Å²) in [5.74, 6) is -5.33. The second kappa shape index (κ2) is 4.04. The lowest BCUT2D eigenvalue weighted by atomic mass is 10.2. The topological polar surface area (TPSA) is 63.6 Å². The van der Waals surface area contributed by atoms with Gasteiger partial charge in [-0.3, -0.25) is 4.79 Å². The molecule has 4 nitrogen and oxygen atoms in total. The molecule has 0 heterocycles. The normalized spacial score (nSPS) is 9.80. The Kier molecular flexibility index (Phi) is 2.99. The van der Waals surface area contributed by atoms with Crippen LogP contribution < -0.4 is 4.74 Å². The van der Waals surface area contributed by atoms with Gasteiger partial charge in [-0.15, -0.1) is 0 Å². The van der Waals surface area contributed by atoms with Crippen LogP contribution in [0.25, 0.3) is 0 Å². The van der Waals surface area contributed by atoms with Gasteiger partial charge >= 0.3 is 11.9 Å². The van der Waals surface area contributed by atoms with E-state index in [0.717, 1.165) is 6.92 Å². The van der Waals surface area contributed by atoms with E-state index in [4.69, 9.17) is 5.11 Å². The van der Waals surface area contributed by atoms with Gasteiger partial charge in [0.25, 0.3) is 0 Å². The van der Waals surface area contributed by atoms with E-state index in [-0.39, 0.29) is 0 Å². The minimum absolute atomic E-state index is 0.454. The van der Waals surface area contributed by atoms with E-state index >= 15 is 0 Å². The van der Waals surface area contributed by atoms with Crippen LogP contribution in [-0.4, -0.2) is 17.0 Å². The minimum atomic E-state index is -1.60. The predicted octanol–water partition coefficient (Wildman–Crippen LogP) is 1.59. The number of aromatic carboxylic acids is 1. The van der Waals surface area contributed by atoms with Gasteiger partial charge in [0.2, 0.25) is 0 Å². The van der Waals surface area contributed by atoms with Crippen molar-refractivity contribution in [1.82, 2.24) is 0 Å². The number of rotatable bonds is 2. The van der Waals surface area contributed by atoms with Gasteiger partial charge in [0.1, 0.15) is 5.82 Å². The van der Waals surface area contributed by atoms with Gasteiger partial charge in [-0.1, -0.05) is 0 Å². The highest BCUT2D eigenvalue weighted by Crippen LogP contribution is 2.21. The molecule has 0 aliphatic rings. The molecule has 0 aromatic heterocycles. The summed E-state index contributed by atoms with van der Waals surface area (Å²) in [5.41, 5.74) is -0.816. The number of halogens is 2. The first-order valence-electron chi connectivity index (χ1n) is 3.82. The lowest BCUT2D eigenvalue weighted by Crippen LogP contribution is -2.07. The van der Waals surface area contributed by atoms with Crippen molar-refractivity contribution >= 4 is 11.9 Å².